The number of hydrogen-bond donors (Lipinski definition) is 2. The highest BCUT2D eigenvalue weighted by molar-refractivity contribution is 5.83. The van der Waals surface area contributed by atoms with E-state index in [-0.39, 0.29) is 0 Å². The minimum absolute atomic E-state index is 0.757. The Morgan fingerprint density at radius 3 is 2.46 bits per heavy atom. The highest BCUT2D eigenvalue weighted by Crippen LogP contribution is 2.03. The van der Waals surface area contributed by atoms with Crippen LogP contribution in [0.4, 0.5) is 0 Å². The van der Waals surface area contributed by atoms with Crippen LogP contribution in [0.1, 0.15) is 11.1 Å². The van der Waals surface area contributed by atoms with Gasteiger partial charge in [-0.3, -0.25) is 4.99 Å². The van der Waals surface area contributed by atoms with Gasteiger partial charge < -0.3 is 5.43 Å². The maximum absolute atomic E-state index is 5.28. The summed E-state index contributed by atoms with van der Waals surface area (Å²) in [7, 11) is 1.73. The van der Waals surface area contributed by atoms with Gasteiger partial charge in [0.15, 0.2) is 0 Å². The average molecular weight is 177 g/mol. The molecule has 0 aliphatic carbocycles. The number of rotatable bonds is 2. The van der Waals surface area contributed by atoms with E-state index in [9.17, 15) is 0 Å². The number of aryl methyl sites for hydroxylation is 1. The molecule has 1 aromatic rings. The summed E-state index contributed by atoms with van der Waals surface area (Å²) in [4.78, 5) is 4.00. The van der Waals surface area contributed by atoms with Gasteiger partial charge in [0.1, 0.15) is 5.84 Å². The van der Waals surface area contributed by atoms with Crippen LogP contribution in [0.25, 0.3) is 0 Å². The second kappa shape index (κ2) is 4.62. The molecule has 0 saturated heterocycles. The predicted octanol–water partition coefficient (Wildman–Crippen LogP) is 1.03. The summed E-state index contributed by atoms with van der Waals surface area (Å²) >= 11 is 0. The van der Waals surface area contributed by atoms with Crippen molar-refractivity contribution in [2.24, 2.45) is 10.8 Å². The highest BCUT2D eigenvalue weighted by Gasteiger charge is 1.97. The molecular weight excluding hydrogens is 162 g/mol. The molecule has 0 spiro atoms. The van der Waals surface area contributed by atoms with Gasteiger partial charge in [0, 0.05) is 13.5 Å². The molecule has 0 aliphatic rings. The summed E-state index contributed by atoms with van der Waals surface area (Å²) < 4.78 is 0. The molecule has 0 atom stereocenters. The van der Waals surface area contributed by atoms with E-state index in [0.29, 0.717) is 0 Å². The van der Waals surface area contributed by atoms with Crippen LogP contribution in [0, 0.1) is 6.92 Å². The van der Waals surface area contributed by atoms with E-state index in [0.717, 1.165) is 12.3 Å². The number of nitrogens with zero attached hydrogens (tertiary/aromatic N) is 1. The predicted molar refractivity (Wildman–Crippen MR) is 55.6 cm³/mol. The van der Waals surface area contributed by atoms with Crippen molar-refractivity contribution in [3.63, 3.8) is 0 Å². The van der Waals surface area contributed by atoms with Crippen molar-refractivity contribution in [3.8, 4) is 0 Å². The second-order valence-electron chi connectivity index (χ2n) is 2.98. The largest absolute Gasteiger partial charge is 0.312 e. The van der Waals surface area contributed by atoms with Crippen LogP contribution in [0.2, 0.25) is 0 Å². The lowest BCUT2D eigenvalue weighted by molar-refractivity contribution is 0.981. The van der Waals surface area contributed by atoms with Crippen molar-refractivity contribution in [1.29, 1.82) is 0 Å². The van der Waals surface area contributed by atoms with Crippen LogP contribution >= 0.6 is 0 Å². The number of aliphatic imine (C=N–C) groups is 1. The Kier molecular flexibility index (Phi) is 3.46. The first kappa shape index (κ1) is 9.74. The Balaban J connectivity index is 2.69. The van der Waals surface area contributed by atoms with Crippen molar-refractivity contribution in [1.82, 2.24) is 5.43 Å². The van der Waals surface area contributed by atoms with E-state index in [1.54, 1.807) is 7.05 Å². The summed E-state index contributed by atoms with van der Waals surface area (Å²) in [6.45, 7) is 2.07. The topological polar surface area (TPSA) is 50.4 Å². The van der Waals surface area contributed by atoms with Gasteiger partial charge in [-0.25, -0.2) is 5.84 Å². The van der Waals surface area contributed by atoms with Crippen LogP contribution < -0.4 is 11.3 Å². The smallest absolute Gasteiger partial charge is 0.114 e. The van der Waals surface area contributed by atoms with Crippen molar-refractivity contribution in [3.05, 3.63) is 35.4 Å². The van der Waals surface area contributed by atoms with Crippen LogP contribution in [0.5, 0.6) is 0 Å². The lowest BCUT2D eigenvalue weighted by Crippen LogP contribution is -2.31. The quantitative estimate of drug-likeness (QED) is 0.307. The molecule has 3 heteroatoms. The highest BCUT2D eigenvalue weighted by atomic mass is 15.2. The number of benzene rings is 1. The van der Waals surface area contributed by atoms with Crippen molar-refractivity contribution in [2.75, 3.05) is 7.05 Å². The van der Waals surface area contributed by atoms with Crippen LogP contribution in [-0.4, -0.2) is 12.9 Å². The third-order valence-corrected chi connectivity index (χ3v) is 1.93. The van der Waals surface area contributed by atoms with Gasteiger partial charge in [0.05, 0.1) is 0 Å². The first-order valence-corrected chi connectivity index (χ1v) is 4.24. The lowest BCUT2D eigenvalue weighted by Gasteiger charge is -2.04. The van der Waals surface area contributed by atoms with Crippen molar-refractivity contribution < 1.29 is 0 Å². The van der Waals surface area contributed by atoms with Gasteiger partial charge in [0.25, 0.3) is 0 Å². The fourth-order valence-electron chi connectivity index (χ4n) is 1.09. The molecule has 70 valence electrons. The summed E-state index contributed by atoms with van der Waals surface area (Å²) in [6.07, 6.45) is 0.757. The zero-order valence-corrected chi connectivity index (χ0v) is 8.04. The molecule has 0 bridgehead atoms. The Morgan fingerprint density at radius 2 is 2.00 bits per heavy atom. The van der Waals surface area contributed by atoms with E-state index in [2.05, 4.69) is 41.6 Å². The van der Waals surface area contributed by atoms with Gasteiger partial charge >= 0.3 is 0 Å². The summed E-state index contributed by atoms with van der Waals surface area (Å²) in [6, 6.07) is 8.33. The van der Waals surface area contributed by atoms with Crippen LogP contribution in [-0.2, 0) is 6.42 Å². The molecule has 1 rings (SSSR count). The third kappa shape index (κ3) is 2.87. The van der Waals surface area contributed by atoms with E-state index < -0.39 is 0 Å². The minimum Gasteiger partial charge on any atom is -0.312 e. The lowest BCUT2D eigenvalue weighted by atomic mass is 10.1. The molecule has 0 unspecified atom stereocenters. The zero-order valence-electron chi connectivity index (χ0n) is 8.04. The Bertz CT molecular complexity index is 288. The van der Waals surface area contributed by atoms with Gasteiger partial charge in [0.2, 0.25) is 0 Å². The van der Waals surface area contributed by atoms with E-state index in [1.165, 1.54) is 11.1 Å². The molecule has 3 nitrogen and oxygen atoms in total. The molecule has 0 amide bonds. The molecular formula is C10H15N3. The molecule has 0 heterocycles. The van der Waals surface area contributed by atoms with Gasteiger partial charge in [-0.2, -0.15) is 0 Å². The molecule has 1 aromatic carbocycles. The maximum atomic E-state index is 5.28. The van der Waals surface area contributed by atoms with Crippen LogP contribution in [0.3, 0.4) is 0 Å². The van der Waals surface area contributed by atoms with Crippen molar-refractivity contribution >= 4 is 5.84 Å². The number of amidine groups is 1. The number of nitrogens with one attached hydrogen (secondary N) is 1. The molecule has 13 heavy (non-hydrogen) atoms. The van der Waals surface area contributed by atoms with E-state index in [1.807, 2.05) is 0 Å². The van der Waals surface area contributed by atoms with Gasteiger partial charge in [-0.05, 0) is 12.5 Å². The van der Waals surface area contributed by atoms with E-state index >= 15 is 0 Å². The number of nitrogens with two attached hydrogens (primary N) is 1. The fraction of sp³-hybridized carbons (Fsp3) is 0.300. The first-order chi connectivity index (χ1) is 6.26. The van der Waals surface area contributed by atoms with E-state index in [4.69, 9.17) is 5.84 Å². The number of hydrogen-bond acceptors (Lipinski definition) is 2. The molecule has 0 radical (unpaired) electrons. The summed E-state index contributed by atoms with van der Waals surface area (Å²) in [5.74, 6) is 6.08. The molecule has 0 fully saturated rings. The fourth-order valence-corrected chi connectivity index (χ4v) is 1.09. The standard InChI is InChI=1S/C10H15N3/c1-8-3-5-9(6-4-8)7-10(12-2)13-11/h3-6H,7,11H2,1-2H3,(H,12,13). The third-order valence-electron chi connectivity index (χ3n) is 1.93. The SMILES string of the molecule is CN=C(Cc1ccc(C)cc1)NN. The monoisotopic (exact) mass is 177 g/mol. The Morgan fingerprint density at radius 1 is 1.38 bits per heavy atom. The molecule has 3 N–H and O–H groups in total. The van der Waals surface area contributed by atoms with Crippen molar-refractivity contribution in [2.45, 2.75) is 13.3 Å². The van der Waals surface area contributed by atoms with Gasteiger partial charge in [-0.15, -0.1) is 0 Å². The van der Waals surface area contributed by atoms with Crippen LogP contribution in [0.15, 0.2) is 29.3 Å². The zero-order chi connectivity index (χ0) is 9.68. The Labute approximate surface area is 78.6 Å². The average Bonchev–Trinajstić information content (AvgIpc) is 2.17. The molecule has 0 saturated carbocycles. The first-order valence-electron chi connectivity index (χ1n) is 4.24. The maximum Gasteiger partial charge on any atom is 0.114 e. The normalized spacial score (nSPS) is 11.5. The minimum atomic E-state index is 0.757. The summed E-state index contributed by atoms with van der Waals surface area (Å²) in [5, 5.41) is 0. The summed E-state index contributed by atoms with van der Waals surface area (Å²) in [5.41, 5.74) is 5.04. The molecule has 0 aromatic heterocycles. The second-order valence-corrected chi connectivity index (χ2v) is 2.98. The molecule has 0 aliphatic heterocycles. The van der Waals surface area contributed by atoms with Gasteiger partial charge in [-0.1, -0.05) is 29.8 Å². The number of hydrazine groups is 1. The Hall–Kier alpha value is -1.35.